The Morgan fingerprint density at radius 2 is 1.62 bits per heavy atom. The zero-order chi connectivity index (χ0) is 15.8. The lowest BCUT2D eigenvalue weighted by molar-refractivity contribution is 0.498. The van der Waals surface area contributed by atoms with Gasteiger partial charge in [-0.25, -0.2) is 21.6 Å². The molecule has 0 aliphatic carbocycles. The number of rotatable bonds is 3. The normalized spacial score (nSPS) is 11.4. The van der Waals surface area contributed by atoms with Gasteiger partial charge in [-0.15, -0.1) is 0 Å². The molecular weight excluding hydrogens is 329 g/mol. The first-order chi connectivity index (χ1) is 9.70. The van der Waals surface area contributed by atoms with Crippen molar-refractivity contribution in [1.29, 1.82) is 0 Å². The molecule has 0 aliphatic heterocycles. The van der Waals surface area contributed by atoms with E-state index in [9.17, 15) is 21.6 Å². The second-order valence-corrected chi connectivity index (χ2v) is 6.07. The van der Waals surface area contributed by atoms with Crippen LogP contribution in [0.4, 0.5) is 24.5 Å². The Balaban J connectivity index is 2.51. The summed E-state index contributed by atoms with van der Waals surface area (Å²) in [6.45, 7) is 0. The number of benzene rings is 2. The van der Waals surface area contributed by atoms with Crippen molar-refractivity contribution in [3.05, 3.63) is 52.8 Å². The van der Waals surface area contributed by atoms with Gasteiger partial charge in [0.2, 0.25) is 0 Å². The zero-order valence-electron chi connectivity index (χ0n) is 10.2. The predicted octanol–water partition coefficient (Wildman–Crippen LogP) is 3.14. The molecule has 0 aliphatic rings. The SMILES string of the molecule is Nc1ccc(Cl)c(NS(=O)(=O)c2c(F)cc(F)cc2F)c1. The average molecular weight is 337 g/mol. The highest BCUT2D eigenvalue weighted by molar-refractivity contribution is 7.92. The minimum Gasteiger partial charge on any atom is -0.399 e. The smallest absolute Gasteiger partial charge is 0.267 e. The van der Waals surface area contributed by atoms with Crippen LogP contribution < -0.4 is 10.5 Å². The summed E-state index contributed by atoms with van der Waals surface area (Å²) in [5.41, 5.74) is 5.51. The third kappa shape index (κ3) is 3.22. The largest absolute Gasteiger partial charge is 0.399 e. The lowest BCUT2D eigenvalue weighted by atomic mass is 10.3. The summed E-state index contributed by atoms with van der Waals surface area (Å²) in [5, 5.41) is -0.0179. The van der Waals surface area contributed by atoms with Gasteiger partial charge in [0.1, 0.15) is 17.5 Å². The number of anilines is 2. The van der Waals surface area contributed by atoms with Crippen LogP contribution in [0.15, 0.2) is 35.2 Å². The van der Waals surface area contributed by atoms with Crippen LogP contribution in [0.2, 0.25) is 5.02 Å². The molecule has 0 radical (unpaired) electrons. The Bertz CT molecular complexity index is 789. The van der Waals surface area contributed by atoms with Crippen LogP contribution >= 0.6 is 11.6 Å². The van der Waals surface area contributed by atoms with E-state index in [4.69, 9.17) is 17.3 Å². The van der Waals surface area contributed by atoms with Crippen molar-refractivity contribution >= 4 is 33.0 Å². The maximum absolute atomic E-state index is 13.5. The van der Waals surface area contributed by atoms with E-state index in [1.54, 1.807) is 0 Å². The van der Waals surface area contributed by atoms with Crippen molar-refractivity contribution in [1.82, 2.24) is 0 Å². The van der Waals surface area contributed by atoms with Crippen molar-refractivity contribution in [3.63, 3.8) is 0 Å². The summed E-state index contributed by atoms with van der Waals surface area (Å²) in [6, 6.07) is 4.43. The van der Waals surface area contributed by atoms with Gasteiger partial charge in [0.25, 0.3) is 10.0 Å². The minimum absolute atomic E-state index is 0.0179. The number of hydrogen-bond acceptors (Lipinski definition) is 3. The third-order valence-corrected chi connectivity index (χ3v) is 4.21. The molecule has 0 aromatic heterocycles. The molecule has 0 heterocycles. The van der Waals surface area contributed by atoms with Crippen LogP contribution in [-0.4, -0.2) is 8.42 Å². The molecule has 0 spiro atoms. The first-order valence-electron chi connectivity index (χ1n) is 5.43. The molecule has 2 rings (SSSR count). The number of sulfonamides is 1. The average Bonchev–Trinajstić information content (AvgIpc) is 2.31. The van der Waals surface area contributed by atoms with Crippen molar-refractivity contribution in [2.24, 2.45) is 0 Å². The van der Waals surface area contributed by atoms with Crippen LogP contribution in [0.25, 0.3) is 0 Å². The Labute approximate surface area is 123 Å². The second kappa shape index (κ2) is 5.45. The third-order valence-electron chi connectivity index (χ3n) is 2.47. The molecule has 0 saturated heterocycles. The standard InChI is InChI=1S/C12H8ClF3N2O2S/c13-8-2-1-7(17)5-11(8)18-21(19,20)12-9(15)3-6(14)4-10(12)16/h1-5,18H,17H2. The van der Waals surface area contributed by atoms with Crippen molar-refractivity contribution in [2.75, 3.05) is 10.5 Å². The van der Waals surface area contributed by atoms with Gasteiger partial charge in [-0.05, 0) is 18.2 Å². The molecular formula is C12H8ClF3N2O2S. The van der Waals surface area contributed by atoms with E-state index in [1.807, 2.05) is 4.72 Å². The van der Waals surface area contributed by atoms with Gasteiger partial charge in [0.15, 0.2) is 4.90 Å². The highest BCUT2D eigenvalue weighted by Crippen LogP contribution is 2.28. The molecule has 0 unspecified atom stereocenters. The van der Waals surface area contributed by atoms with E-state index in [0.717, 1.165) is 0 Å². The lowest BCUT2D eigenvalue weighted by Crippen LogP contribution is -2.17. The van der Waals surface area contributed by atoms with E-state index >= 15 is 0 Å². The van der Waals surface area contributed by atoms with Gasteiger partial charge in [-0.2, -0.15) is 0 Å². The van der Waals surface area contributed by atoms with Crippen LogP contribution in [-0.2, 0) is 10.0 Å². The Kier molecular flexibility index (Phi) is 4.02. The fourth-order valence-electron chi connectivity index (χ4n) is 1.60. The van der Waals surface area contributed by atoms with Crippen LogP contribution in [0.5, 0.6) is 0 Å². The molecule has 2 aromatic rings. The van der Waals surface area contributed by atoms with Gasteiger partial charge in [0, 0.05) is 17.8 Å². The Hall–Kier alpha value is -1.93. The minimum atomic E-state index is -4.64. The van der Waals surface area contributed by atoms with Gasteiger partial charge in [0.05, 0.1) is 10.7 Å². The summed E-state index contributed by atoms with van der Waals surface area (Å²) >= 11 is 5.76. The van der Waals surface area contributed by atoms with Gasteiger partial charge >= 0.3 is 0 Å². The van der Waals surface area contributed by atoms with E-state index in [2.05, 4.69) is 0 Å². The lowest BCUT2D eigenvalue weighted by Gasteiger charge is -2.11. The Morgan fingerprint density at radius 1 is 1.05 bits per heavy atom. The molecule has 2 aromatic carbocycles. The van der Waals surface area contributed by atoms with E-state index < -0.39 is 32.4 Å². The number of nitrogens with two attached hydrogens (primary N) is 1. The summed E-state index contributed by atoms with van der Waals surface area (Å²) in [4.78, 5) is -1.30. The molecule has 0 saturated carbocycles. The van der Waals surface area contributed by atoms with Crippen molar-refractivity contribution in [3.8, 4) is 0 Å². The summed E-state index contributed by atoms with van der Waals surface area (Å²) in [7, 11) is -4.64. The highest BCUT2D eigenvalue weighted by atomic mass is 35.5. The molecule has 0 amide bonds. The summed E-state index contributed by atoms with van der Waals surface area (Å²) < 4.78 is 65.8. The van der Waals surface area contributed by atoms with Gasteiger partial charge in [-0.1, -0.05) is 11.6 Å². The van der Waals surface area contributed by atoms with Crippen LogP contribution in [0.1, 0.15) is 0 Å². The molecule has 112 valence electrons. The van der Waals surface area contributed by atoms with Crippen LogP contribution in [0.3, 0.4) is 0 Å². The quantitative estimate of drug-likeness (QED) is 0.846. The fraction of sp³-hybridized carbons (Fsp3) is 0. The number of nitrogens with one attached hydrogen (secondary N) is 1. The molecule has 4 nitrogen and oxygen atoms in total. The molecule has 0 fully saturated rings. The van der Waals surface area contributed by atoms with Gasteiger partial charge < -0.3 is 5.73 Å². The summed E-state index contributed by atoms with van der Waals surface area (Å²) in [6.07, 6.45) is 0. The number of halogens is 4. The maximum Gasteiger partial charge on any atom is 0.267 e. The predicted molar refractivity (Wildman–Crippen MR) is 73.0 cm³/mol. The highest BCUT2D eigenvalue weighted by Gasteiger charge is 2.26. The van der Waals surface area contributed by atoms with Crippen molar-refractivity contribution in [2.45, 2.75) is 4.90 Å². The maximum atomic E-state index is 13.5. The fourth-order valence-corrected chi connectivity index (χ4v) is 3.02. The first kappa shape index (κ1) is 15.5. The first-order valence-corrected chi connectivity index (χ1v) is 7.29. The van der Waals surface area contributed by atoms with E-state index in [0.29, 0.717) is 0 Å². The van der Waals surface area contributed by atoms with Gasteiger partial charge in [-0.3, -0.25) is 4.72 Å². The zero-order valence-corrected chi connectivity index (χ0v) is 11.8. The molecule has 0 atom stereocenters. The molecule has 3 N–H and O–H groups in total. The summed E-state index contributed by atoms with van der Waals surface area (Å²) in [5.74, 6) is -4.34. The Morgan fingerprint density at radius 3 is 2.19 bits per heavy atom. The number of hydrogen-bond donors (Lipinski definition) is 2. The monoisotopic (exact) mass is 336 g/mol. The molecule has 21 heavy (non-hydrogen) atoms. The van der Waals surface area contributed by atoms with E-state index in [-0.39, 0.29) is 28.5 Å². The van der Waals surface area contributed by atoms with Crippen molar-refractivity contribution < 1.29 is 21.6 Å². The topological polar surface area (TPSA) is 72.2 Å². The molecule has 9 heteroatoms. The second-order valence-electron chi connectivity index (χ2n) is 4.04. The molecule has 0 bridgehead atoms. The number of nitrogen functional groups attached to an aromatic ring is 1. The van der Waals surface area contributed by atoms with E-state index in [1.165, 1.54) is 18.2 Å². The van der Waals surface area contributed by atoms with Crippen LogP contribution in [0, 0.1) is 17.5 Å².